The summed E-state index contributed by atoms with van der Waals surface area (Å²) >= 11 is 0. The Hall–Kier alpha value is -1.49. The molecule has 1 rings (SSSR count). The summed E-state index contributed by atoms with van der Waals surface area (Å²) in [5.74, 6) is -0.262. The molecule has 2 nitrogen and oxygen atoms in total. The predicted molar refractivity (Wildman–Crippen MR) is 50.3 cm³/mol. The number of alkyl halides is 3. The summed E-state index contributed by atoms with van der Waals surface area (Å²) in [6, 6.07) is 4.98. The second kappa shape index (κ2) is 4.35. The monoisotopic (exact) mass is 217 g/mol. The highest BCUT2D eigenvalue weighted by molar-refractivity contribution is 5.30. The summed E-state index contributed by atoms with van der Waals surface area (Å²) in [6.07, 6.45) is -3.16. The van der Waals surface area contributed by atoms with E-state index >= 15 is 0 Å². The van der Waals surface area contributed by atoms with Crippen molar-refractivity contribution in [2.75, 3.05) is 0 Å². The van der Waals surface area contributed by atoms with E-state index in [4.69, 9.17) is 5.73 Å². The van der Waals surface area contributed by atoms with Crippen molar-refractivity contribution in [1.29, 1.82) is 0 Å². The van der Waals surface area contributed by atoms with Crippen LogP contribution in [0.2, 0.25) is 0 Å². The molecule has 0 saturated carbocycles. The summed E-state index contributed by atoms with van der Waals surface area (Å²) in [4.78, 5) is 0. The molecule has 0 aromatic heterocycles. The Balaban J connectivity index is 2.77. The van der Waals surface area contributed by atoms with Crippen molar-refractivity contribution in [2.24, 2.45) is 5.73 Å². The average Bonchev–Trinajstić information content (AvgIpc) is 2.15. The van der Waals surface area contributed by atoms with Crippen LogP contribution in [-0.4, -0.2) is 6.36 Å². The lowest BCUT2D eigenvalue weighted by atomic mass is 10.1. The Morgan fingerprint density at radius 2 is 1.80 bits per heavy atom. The van der Waals surface area contributed by atoms with Crippen LogP contribution in [0.5, 0.6) is 5.75 Å². The van der Waals surface area contributed by atoms with E-state index in [-0.39, 0.29) is 11.8 Å². The fraction of sp³-hybridized carbons (Fsp3) is 0.200. The highest BCUT2D eigenvalue weighted by atomic mass is 19.4. The second-order valence-corrected chi connectivity index (χ2v) is 2.88. The van der Waals surface area contributed by atoms with Gasteiger partial charge in [-0.3, -0.25) is 0 Å². The number of benzene rings is 1. The second-order valence-electron chi connectivity index (χ2n) is 2.88. The third kappa shape index (κ3) is 3.63. The van der Waals surface area contributed by atoms with Crippen LogP contribution in [0.4, 0.5) is 13.2 Å². The maximum absolute atomic E-state index is 11.8. The lowest BCUT2D eigenvalue weighted by molar-refractivity contribution is -0.274. The van der Waals surface area contributed by atoms with Crippen molar-refractivity contribution >= 4 is 0 Å². The minimum Gasteiger partial charge on any atom is -0.406 e. The largest absolute Gasteiger partial charge is 0.573 e. The highest BCUT2D eigenvalue weighted by Gasteiger charge is 2.30. The van der Waals surface area contributed by atoms with E-state index in [0.717, 1.165) is 0 Å². The van der Waals surface area contributed by atoms with Crippen molar-refractivity contribution in [3.8, 4) is 5.75 Å². The number of ether oxygens (including phenoxy) is 1. The Labute approximate surface area is 85.2 Å². The molecular formula is C10H10F3NO. The summed E-state index contributed by atoms with van der Waals surface area (Å²) < 4.78 is 39.1. The quantitative estimate of drug-likeness (QED) is 0.790. The lowest BCUT2D eigenvalue weighted by Crippen LogP contribution is -2.17. The van der Waals surface area contributed by atoms with Crippen LogP contribution in [0.3, 0.4) is 0 Å². The van der Waals surface area contributed by atoms with Gasteiger partial charge in [0.25, 0.3) is 0 Å². The maximum Gasteiger partial charge on any atom is 0.573 e. The van der Waals surface area contributed by atoms with Crippen LogP contribution in [0.15, 0.2) is 36.9 Å². The molecule has 1 aromatic rings. The van der Waals surface area contributed by atoms with Gasteiger partial charge >= 0.3 is 6.36 Å². The maximum atomic E-state index is 11.8. The molecule has 82 valence electrons. The number of rotatable bonds is 3. The van der Waals surface area contributed by atoms with Gasteiger partial charge in [0.2, 0.25) is 0 Å². The molecule has 0 amide bonds. The molecule has 0 heterocycles. The van der Waals surface area contributed by atoms with E-state index in [9.17, 15) is 13.2 Å². The van der Waals surface area contributed by atoms with Gasteiger partial charge in [0.15, 0.2) is 0 Å². The molecule has 0 aliphatic carbocycles. The normalized spacial score (nSPS) is 13.3. The van der Waals surface area contributed by atoms with E-state index in [0.29, 0.717) is 5.56 Å². The highest BCUT2D eigenvalue weighted by Crippen LogP contribution is 2.23. The molecule has 1 aromatic carbocycles. The van der Waals surface area contributed by atoms with Gasteiger partial charge < -0.3 is 10.5 Å². The van der Waals surface area contributed by atoms with Gasteiger partial charge in [-0.2, -0.15) is 0 Å². The topological polar surface area (TPSA) is 35.2 Å². The first-order chi connectivity index (χ1) is 6.92. The predicted octanol–water partition coefficient (Wildman–Crippen LogP) is 2.77. The molecule has 5 heteroatoms. The van der Waals surface area contributed by atoms with Crippen LogP contribution in [0, 0.1) is 0 Å². The van der Waals surface area contributed by atoms with Crippen molar-refractivity contribution in [3.05, 3.63) is 42.5 Å². The molecule has 1 atom stereocenters. The van der Waals surface area contributed by atoms with Gasteiger partial charge in [-0.05, 0) is 17.7 Å². The molecule has 0 fully saturated rings. The smallest absolute Gasteiger partial charge is 0.406 e. The van der Waals surface area contributed by atoms with E-state index in [1.807, 2.05) is 0 Å². The minimum absolute atomic E-state index is 0.262. The Bertz CT molecular complexity index is 332. The van der Waals surface area contributed by atoms with E-state index in [2.05, 4.69) is 11.3 Å². The molecule has 15 heavy (non-hydrogen) atoms. The Morgan fingerprint density at radius 3 is 2.20 bits per heavy atom. The van der Waals surface area contributed by atoms with Crippen molar-refractivity contribution in [3.63, 3.8) is 0 Å². The number of hydrogen-bond donors (Lipinski definition) is 1. The third-order valence-corrected chi connectivity index (χ3v) is 1.75. The van der Waals surface area contributed by atoms with Crippen LogP contribution < -0.4 is 10.5 Å². The summed E-state index contributed by atoms with van der Waals surface area (Å²) in [7, 11) is 0. The van der Waals surface area contributed by atoms with Crippen molar-refractivity contribution in [1.82, 2.24) is 0 Å². The number of halogens is 3. The first-order valence-corrected chi connectivity index (χ1v) is 4.16. The van der Waals surface area contributed by atoms with Gasteiger partial charge in [-0.1, -0.05) is 18.2 Å². The molecule has 2 N–H and O–H groups in total. The molecule has 0 saturated heterocycles. The van der Waals surface area contributed by atoms with Crippen molar-refractivity contribution < 1.29 is 17.9 Å². The van der Waals surface area contributed by atoms with Crippen LogP contribution in [0.25, 0.3) is 0 Å². The van der Waals surface area contributed by atoms with Gasteiger partial charge in [-0.25, -0.2) is 0 Å². The molecular weight excluding hydrogens is 207 g/mol. The molecule has 0 unspecified atom stereocenters. The van der Waals surface area contributed by atoms with E-state index in [1.54, 1.807) is 0 Å². The zero-order chi connectivity index (χ0) is 11.5. The van der Waals surface area contributed by atoms with E-state index < -0.39 is 6.36 Å². The first kappa shape index (κ1) is 11.6. The Morgan fingerprint density at radius 1 is 1.27 bits per heavy atom. The molecule has 0 bridgehead atoms. The van der Waals surface area contributed by atoms with Crippen molar-refractivity contribution in [2.45, 2.75) is 12.4 Å². The molecule has 0 spiro atoms. The lowest BCUT2D eigenvalue weighted by Gasteiger charge is -2.10. The average molecular weight is 217 g/mol. The number of hydrogen-bond acceptors (Lipinski definition) is 2. The zero-order valence-corrected chi connectivity index (χ0v) is 7.79. The minimum atomic E-state index is -4.66. The van der Waals surface area contributed by atoms with Gasteiger partial charge in [-0.15, -0.1) is 19.8 Å². The van der Waals surface area contributed by atoms with Gasteiger partial charge in [0, 0.05) is 6.04 Å². The summed E-state index contributed by atoms with van der Waals surface area (Å²) in [5.41, 5.74) is 6.27. The van der Waals surface area contributed by atoms with Crippen LogP contribution in [0.1, 0.15) is 11.6 Å². The Kier molecular flexibility index (Phi) is 3.36. The summed E-state index contributed by atoms with van der Waals surface area (Å²) in [5, 5.41) is 0. The van der Waals surface area contributed by atoms with Crippen LogP contribution in [-0.2, 0) is 0 Å². The molecule has 0 aliphatic rings. The van der Waals surface area contributed by atoms with E-state index in [1.165, 1.54) is 30.3 Å². The standard InChI is InChI=1S/C10H10F3NO/c1-2-9(14)7-3-5-8(6-4-7)15-10(11,12)13/h2-6,9H,1,14H2/t9-/m1/s1. The number of nitrogens with two attached hydrogens (primary N) is 1. The van der Waals surface area contributed by atoms with Gasteiger partial charge in [0.1, 0.15) is 5.75 Å². The van der Waals surface area contributed by atoms with Gasteiger partial charge in [0.05, 0.1) is 0 Å². The molecule has 0 aliphatic heterocycles. The van der Waals surface area contributed by atoms with Crippen LogP contribution >= 0.6 is 0 Å². The molecule has 0 radical (unpaired) electrons. The fourth-order valence-electron chi connectivity index (χ4n) is 1.03. The zero-order valence-electron chi connectivity index (χ0n) is 7.79. The summed E-state index contributed by atoms with van der Waals surface area (Å²) in [6.45, 7) is 3.48. The SMILES string of the molecule is C=C[C@@H](N)c1ccc(OC(F)(F)F)cc1. The fourth-order valence-corrected chi connectivity index (χ4v) is 1.03. The third-order valence-electron chi connectivity index (χ3n) is 1.75. The first-order valence-electron chi connectivity index (χ1n) is 4.16.